The Morgan fingerprint density at radius 2 is 1.25 bits per heavy atom. The molecule has 2 radical (unpaired) electrons. The molecular formula is C6H10N2O2S2. The highest BCUT2D eigenvalue weighted by Gasteiger charge is 1.98. The van der Waals surface area contributed by atoms with Crippen molar-refractivity contribution in [3.63, 3.8) is 0 Å². The highest BCUT2D eigenvalue weighted by atomic mass is 33.1. The lowest BCUT2D eigenvalue weighted by Crippen LogP contribution is -1.99. The zero-order chi connectivity index (χ0) is 9.40. The monoisotopic (exact) mass is 206 g/mol. The number of nitrogens with one attached hydrogen (secondary N) is 2. The highest BCUT2D eigenvalue weighted by molar-refractivity contribution is 8.76. The summed E-state index contributed by atoms with van der Waals surface area (Å²) in [6.45, 7) is 0. The second kappa shape index (κ2) is 7.30. The first-order valence-corrected chi connectivity index (χ1v) is 5.85. The maximum Gasteiger partial charge on any atom is 0.239 e. The fourth-order valence-electron chi connectivity index (χ4n) is 0.387. The molecule has 0 atom stereocenters. The van der Waals surface area contributed by atoms with E-state index >= 15 is 0 Å². The second-order valence-corrected chi connectivity index (χ2v) is 4.69. The average Bonchev–Trinajstić information content (AvgIpc) is 1.95. The van der Waals surface area contributed by atoms with Crippen molar-refractivity contribution in [1.82, 2.24) is 11.5 Å². The third kappa shape index (κ3) is 9.64. The van der Waals surface area contributed by atoms with Crippen LogP contribution in [0.1, 0.15) is 12.8 Å². The van der Waals surface area contributed by atoms with Crippen molar-refractivity contribution in [2.45, 2.75) is 12.8 Å². The minimum absolute atomic E-state index is 0.256. The molecule has 0 saturated carbocycles. The van der Waals surface area contributed by atoms with Gasteiger partial charge in [0.05, 0.1) is 0 Å². The molecule has 0 aromatic carbocycles. The third-order valence-corrected chi connectivity index (χ3v) is 3.32. The molecule has 0 fully saturated rings. The lowest BCUT2D eigenvalue weighted by Gasteiger charge is -1.96. The van der Waals surface area contributed by atoms with Crippen molar-refractivity contribution in [3.8, 4) is 0 Å². The van der Waals surface area contributed by atoms with E-state index in [1.165, 1.54) is 21.6 Å². The van der Waals surface area contributed by atoms with Crippen LogP contribution in [0.4, 0.5) is 0 Å². The van der Waals surface area contributed by atoms with Gasteiger partial charge in [0.25, 0.3) is 0 Å². The van der Waals surface area contributed by atoms with Crippen LogP contribution in [0.3, 0.4) is 0 Å². The van der Waals surface area contributed by atoms with E-state index in [4.69, 9.17) is 11.5 Å². The Balaban J connectivity index is 3.01. The van der Waals surface area contributed by atoms with E-state index in [0.29, 0.717) is 11.5 Å². The maximum atomic E-state index is 10.1. The summed E-state index contributed by atoms with van der Waals surface area (Å²) in [6, 6.07) is 0. The molecule has 0 aromatic heterocycles. The van der Waals surface area contributed by atoms with Gasteiger partial charge in [-0.25, -0.2) is 0 Å². The van der Waals surface area contributed by atoms with Gasteiger partial charge in [-0.3, -0.25) is 21.1 Å². The van der Waals surface area contributed by atoms with Gasteiger partial charge >= 0.3 is 0 Å². The van der Waals surface area contributed by atoms with E-state index in [-0.39, 0.29) is 12.8 Å². The number of carbonyl (C=O) groups is 2. The summed E-state index contributed by atoms with van der Waals surface area (Å²) in [6.07, 6.45) is 0.513. The average molecular weight is 206 g/mol. The minimum atomic E-state index is -0.556. The molecule has 0 unspecified atom stereocenters. The van der Waals surface area contributed by atoms with Crippen molar-refractivity contribution in [2.24, 2.45) is 0 Å². The third-order valence-electron chi connectivity index (χ3n) is 0.908. The molecule has 12 heavy (non-hydrogen) atoms. The van der Waals surface area contributed by atoms with E-state index < -0.39 is 11.8 Å². The summed E-state index contributed by atoms with van der Waals surface area (Å²) in [4.78, 5) is 20.3. The van der Waals surface area contributed by atoms with E-state index in [1.54, 1.807) is 0 Å². The van der Waals surface area contributed by atoms with Gasteiger partial charge in [-0.1, -0.05) is 21.6 Å². The molecule has 0 rings (SSSR count). The van der Waals surface area contributed by atoms with Crippen LogP contribution < -0.4 is 11.5 Å². The summed E-state index contributed by atoms with van der Waals surface area (Å²) >= 11 is 0. The van der Waals surface area contributed by atoms with Crippen LogP contribution in [0, 0.1) is 0 Å². The highest BCUT2D eigenvalue weighted by Crippen LogP contribution is 2.22. The molecule has 2 N–H and O–H groups in total. The fourth-order valence-corrected chi connectivity index (χ4v) is 2.37. The van der Waals surface area contributed by atoms with Crippen LogP contribution in [0.2, 0.25) is 0 Å². The molecule has 0 spiro atoms. The van der Waals surface area contributed by atoms with E-state index in [2.05, 4.69) is 0 Å². The summed E-state index contributed by atoms with van der Waals surface area (Å²) in [5, 5.41) is 0. The molecule has 0 aliphatic rings. The molecule has 4 nitrogen and oxygen atoms in total. The van der Waals surface area contributed by atoms with Crippen molar-refractivity contribution in [1.29, 1.82) is 0 Å². The molecule has 68 valence electrons. The van der Waals surface area contributed by atoms with E-state index in [0.717, 1.165) is 0 Å². The van der Waals surface area contributed by atoms with Crippen molar-refractivity contribution >= 4 is 33.4 Å². The molecule has 6 heteroatoms. The summed E-state index contributed by atoms with van der Waals surface area (Å²) < 4.78 is 0. The van der Waals surface area contributed by atoms with E-state index in [1.807, 2.05) is 0 Å². The standard InChI is InChI=1S/C6H10N2O2S2/c7-5(9)1-3-11-12-4-2-6(8)10/h7-8H,1-4H2. The molecule has 0 saturated heterocycles. The zero-order valence-electron chi connectivity index (χ0n) is 6.46. The summed E-state index contributed by atoms with van der Waals surface area (Å²) in [5.74, 6) is 0.109. The van der Waals surface area contributed by atoms with Crippen LogP contribution in [0.5, 0.6) is 0 Å². The molecular weight excluding hydrogens is 196 g/mol. The van der Waals surface area contributed by atoms with Crippen LogP contribution in [-0.4, -0.2) is 23.3 Å². The smallest absolute Gasteiger partial charge is 0.239 e. The number of rotatable bonds is 7. The van der Waals surface area contributed by atoms with Gasteiger partial charge in [0, 0.05) is 24.3 Å². The van der Waals surface area contributed by atoms with Crippen LogP contribution >= 0.6 is 21.6 Å². The number of hydrogen-bond acceptors (Lipinski definition) is 4. The first kappa shape index (κ1) is 11.6. The van der Waals surface area contributed by atoms with Gasteiger partial charge in [0.1, 0.15) is 0 Å². The maximum absolute atomic E-state index is 10.1. The topological polar surface area (TPSA) is 81.7 Å². The predicted molar refractivity (Wildman–Crippen MR) is 50.4 cm³/mol. The molecule has 0 bridgehead atoms. The number of amides is 2. The molecule has 2 amide bonds. The summed E-state index contributed by atoms with van der Waals surface area (Å²) in [5.41, 5.74) is 13.2. The molecule has 0 heterocycles. The van der Waals surface area contributed by atoms with E-state index in [9.17, 15) is 9.59 Å². The Bertz CT molecular complexity index is 146. The second-order valence-electron chi connectivity index (χ2n) is 1.99. The predicted octanol–water partition coefficient (Wildman–Crippen LogP) is 0.767. The van der Waals surface area contributed by atoms with Gasteiger partial charge in [0.2, 0.25) is 11.8 Å². The van der Waals surface area contributed by atoms with Crippen LogP contribution in [0.15, 0.2) is 0 Å². The zero-order valence-corrected chi connectivity index (χ0v) is 8.09. The van der Waals surface area contributed by atoms with Gasteiger partial charge < -0.3 is 0 Å². The molecule has 0 aromatic rings. The quantitative estimate of drug-likeness (QED) is 0.455. The van der Waals surface area contributed by atoms with Gasteiger partial charge in [-0.15, -0.1) is 0 Å². The number of carbonyl (C=O) groups excluding carboxylic acids is 2. The van der Waals surface area contributed by atoms with Gasteiger partial charge in [-0.05, 0) is 0 Å². The van der Waals surface area contributed by atoms with Crippen LogP contribution in [-0.2, 0) is 9.59 Å². The number of hydrogen-bond donors (Lipinski definition) is 0. The first-order chi connectivity index (χ1) is 5.63. The van der Waals surface area contributed by atoms with Crippen LogP contribution in [0.25, 0.3) is 0 Å². The van der Waals surface area contributed by atoms with Gasteiger partial charge in [0.15, 0.2) is 0 Å². The van der Waals surface area contributed by atoms with Crippen molar-refractivity contribution in [2.75, 3.05) is 11.5 Å². The Labute approximate surface area is 79.2 Å². The normalized spacial score (nSPS) is 9.67. The first-order valence-electron chi connectivity index (χ1n) is 3.36. The molecule has 0 aliphatic heterocycles. The Morgan fingerprint density at radius 1 is 0.917 bits per heavy atom. The lowest BCUT2D eigenvalue weighted by atomic mass is 10.5. The Hall–Kier alpha value is -0.360. The van der Waals surface area contributed by atoms with Crippen molar-refractivity contribution < 1.29 is 9.59 Å². The summed E-state index contributed by atoms with van der Waals surface area (Å²) in [7, 11) is 2.93. The Morgan fingerprint density at radius 3 is 1.50 bits per heavy atom. The van der Waals surface area contributed by atoms with Gasteiger partial charge in [-0.2, -0.15) is 0 Å². The SMILES string of the molecule is [NH]C(=O)CCSSCCC([NH])=O. The van der Waals surface area contributed by atoms with Crippen molar-refractivity contribution in [3.05, 3.63) is 0 Å². The molecule has 0 aliphatic carbocycles. The fraction of sp³-hybridized carbons (Fsp3) is 0.667. The lowest BCUT2D eigenvalue weighted by molar-refractivity contribution is -0.119. The Kier molecular flexibility index (Phi) is 7.08. The minimum Gasteiger partial charge on any atom is -0.273 e. The largest absolute Gasteiger partial charge is 0.273 e.